The SMILES string of the molecule is CC[C@@H](C)c1ccc(OCC(=O)Nc2ccc(N3CCC(C)CC3)c(Cl)c2)cc1. The first-order chi connectivity index (χ1) is 14.0. The standard InChI is InChI=1S/C24H31ClN2O2/c1-4-18(3)19-5-8-21(9-6-19)29-16-24(28)26-20-7-10-23(22(25)15-20)27-13-11-17(2)12-14-27/h5-10,15,17-18H,4,11-14,16H2,1-3H3,(H,26,28)/t18-/m1/s1. The van der Waals surface area contributed by atoms with Gasteiger partial charge >= 0.3 is 0 Å². The van der Waals surface area contributed by atoms with Crippen LogP contribution in [0.3, 0.4) is 0 Å². The Balaban J connectivity index is 1.52. The molecule has 1 saturated heterocycles. The van der Waals surface area contributed by atoms with Gasteiger partial charge in [-0.1, -0.05) is 44.5 Å². The summed E-state index contributed by atoms with van der Waals surface area (Å²) in [6, 6.07) is 13.6. The highest BCUT2D eigenvalue weighted by Gasteiger charge is 2.18. The number of rotatable bonds is 7. The molecule has 1 aliphatic heterocycles. The van der Waals surface area contributed by atoms with E-state index >= 15 is 0 Å². The van der Waals surface area contributed by atoms with Gasteiger partial charge < -0.3 is 15.0 Å². The molecule has 1 atom stereocenters. The first-order valence-corrected chi connectivity index (χ1v) is 10.9. The van der Waals surface area contributed by atoms with Crippen LogP contribution in [0.15, 0.2) is 42.5 Å². The highest BCUT2D eigenvalue weighted by atomic mass is 35.5. The van der Waals surface area contributed by atoms with Crippen LogP contribution < -0.4 is 15.0 Å². The molecule has 0 saturated carbocycles. The van der Waals surface area contributed by atoms with Crippen molar-refractivity contribution in [1.29, 1.82) is 0 Å². The molecule has 1 N–H and O–H groups in total. The quantitative estimate of drug-likeness (QED) is 0.594. The number of nitrogens with zero attached hydrogens (tertiary/aromatic N) is 1. The predicted molar refractivity (Wildman–Crippen MR) is 121 cm³/mol. The molecule has 2 aromatic rings. The number of piperidine rings is 1. The second-order valence-electron chi connectivity index (χ2n) is 8.05. The molecule has 29 heavy (non-hydrogen) atoms. The summed E-state index contributed by atoms with van der Waals surface area (Å²) in [4.78, 5) is 14.6. The first kappa shape index (κ1) is 21.5. The lowest BCUT2D eigenvalue weighted by Crippen LogP contribution is -2.32. The summed E-state index contributed by atoms with van der Waals surface area (Å²) < 4.78 is 5.61. The second-order valence-corrected chi connectivity index (χ2v) is 8.46. The van der Waals surface area contributed by atoms with E-state index < -0.39 is 0 Å². The van der Waals surface area contributed by atoms with E-state index in [4.69, 9.17) is 16.3 Å². The molecule has 0 radical (unpaired) electrons. The van der Waals surface area contributed by atoms with E-state index in [0.29, 0.717) is 22.4 Å². The van der Waals surface area contributed by atoms with E-state index in [0.717, 1.165) is 31.1 Å². The summed E-state index contributed by atoms with van der Waals surface area (Å²) >= 11 is 6.48. The van der Waals surface area contributed by atoms with Crippen molar-refractivity contribution >= 4 is 28.9 Å². The number of carbonyl (C=O) groups is 1. The van der Waals surface area contributed by atoms with Crippen LogP contribution in [0.25, 0.3) is 0 Å². The zero-order valence-electron chi connectivity index (χ0n) is 17.6. The Hall–Kier alpha value is -2.20. The molecule has 0 unspecified atom stereocenters. The van der Waals surface area contributed by atoms with Gasteiger partial charge in [-0.25, -0.2) is 0 Å². The highest BCUT2D eigenvalue weighted by molar-refractivity contribution is 6.33. The molecule has 1 fully saturated rings. The number of halogens is 1. The maximum atomic E-state index is 12.3. The van der Waals surface area contributed by atoms with Crippen LogP contribution in [0, 0.1) is 5.92 Å². The molecule has 1 amide bonds. The topological polar surface area (TPSA) is 41.6 Å². The van der Waals surface area contributed by atoms with Crippen molar-refractivity contribution in [3.05, 3.63) is 53.1 Å². The zero-order chi connectivity index (χ0) is 20.8. The Morgan fingerprint density at radius 3 is 2.52 bits per heavy atom. The Morgan fingerprint density at radius 2 is 1.90 bits per heavy atom. The van der Waals surface area contributed by atoms with Crippen LogP contribution in [-0.2, 0) is 4.79 Å². The fourth-order valence-electron chi connectivity index (χ4n) is 3.56. The Morgan fingerprint density at radius 1 is 1.21 bits per heavy atom. The van der Waals surface area contributed by atoms with Gasteiger partial charge in [-0.3, -0.25) is 4.79 Å². The van der Waals surface area contributed by atoms with Crippen LogP contribution >= 0.6 is 11.6 Å². The molecule has 1 heterocycles. The molecule has 0 bridgehead atoms. The number of anilines is 2. The third kappa shape index (κ3) is 5.89. The first-order valence-electron chi connectivity index (χ1n) is 10.5. The smallest absolute Gasteiger partial charge is 0.262 e. The third-order valence-corrected chi connectivity index (χ3v) is 6.09. The number of hydrogen-bond donors (Lipinski definition) is 1. The monoisotopic (exact) mass is 414 g/mol. The lowest BCUT2D eigenvalue weighted by atomic mass is 9.99. The third-order valence-electron chi connectivity index (χ3n) is 5.79. The van der Waals surface area contributed by atoms with Crippen molar-refractivity contribution in [3.63, 3.8) is 0 Å². The van der Waals surface area contributed by atoms with Crippen molar-refractivity contribution in [2.45, 2.75) is 46.0 Å². The number of benzene rings is 2. The van der Waals surface area contributed by atoms with Gasteiger partial charge in [0, 0.05) is 18.8 Å². The summed E-state index contributed by atoms with van der Waals surface area (Å²) in [5.74, 6) is 1.79. The maximum absolute atomic E-state index is 12.3. The number of ether oxygens (including phenoxy) is 1. The molecule has 4 nitrogen and oxygen atoms in total. The molecular formula is C24H31ClN2O2. The van der Waals surface area contributed by atoms with Crippen LogP contribution in [0.5, 0.6) is 5.75 Å². The second kappa shape index (κ2) is 10.0. The maximum Gasteiger partial charge on any atom is 0.262 e. The van der Waals surface area contributed by atoms with Gasteiger partial charge in [-0.15, -0.1) is 0 Å². The molecule has 5 heteroatoms. The van der Waals surface area contributed by atoms with Crippen LogP contribution in [0.1, 0.15) is 51.5 Å². The minimum atomic E-state index is -0.202. The number of hydrogen-bond acceptors (Lipinski definition) is 3. The molecule has 2 aromatic carbocycles. The fraction of sp³-hybridized carbons (Fsp3) is 0.458. The highest BCUT2D eigenvalue weighted by Crippen LogP contribution is 2.31. The average Bonchev–Trinajstić information content (AvgIpc) is 2.73. The van der Waals surface area contributed by atoms with Gasteiger partial charge in [0.25, 0.3) is 5.91 Å². The Labute approximate surface area is 179 Å². The minimum absolute atomic E-state index is 0.0357. The molecular weight excluding hydrogens is 384 g/mol. The fourth-order valence-corrected chi connectivity index (χ4v) is 3.86. The predicted octanol–water partition coefficient (Wildman–Crippen LogP) is 6.11. The van der Waals surface area contributed by atoms with E-state index in [2.05, 4.69) is 43.1 Å². The van der Waals surface area contributed by atoms with Crippen molar-refractivity contribution in [2.24, 2.45) is 5.92 Å². The van der Waals surface area contributed by atoms with Crippen molar-refractivity contribution in [2.75, 3.05) is 29.9 Å². The van der Waals surface area contributed by atoms with Gasteiger partial charge in [-0.05, 0) is 67.0 Å². The van der Waals surface area contributed by atoms with Gasteiger partial charge in [0.15, 0.2) is 6.61 Å². The Kier molecular flexibility index (Phi) is 7.43. The van der Waals surface area contributed by atoms with E-state index in [1.54, 1.807) is 0 Å². The largest absolute Gasteiger partial charge is 0.484 e. The summed E-state index contributed by atoms with van der Waals surface area (Å²) in [5.41, 5.74) is 3.00. The average molecular weight is 415 g/mol. The lowest BCUT2D eigenvalue weighted by molar-refractivity contribution is -0.118. The van der Waals surface area contributed by atoms with E-state index in [1.165, 1.54) is 18.4 Å². The van der Waals surface area contributed by atoms with Crippen LogP contribution in [0.2, 0.25) is 5.02 Å². The summed E-state index contributed by atoms with van der Waals surface area (Å²) in [6.45, 7) is 8.68. The van der Waals surface area contributed by atoms with Crippen molar-refractivity contribution in [3.8, 4) is 5.75 Å². The molecule has 1 aliphatic rings. The van der Waals surface area contributed by atoms with E-state index in [1.807, 2.05) is 30.3 Å². The van der Waals surface area contributed by atoms with Gasteiger partial charge in [-0.2, -0.15) is 0 Å². The van der Waals surface area contributed by atoms with Gasteiger partial charge in [0.2, 0.25) is 0 Å². The lowest BCUT2D eigenvalue weighted by Gasteiger charge is -2.32. The summed E-state index contributed by atoms with van der Waals surface area (Å²) in [7, 11) is 0. The van der Waals surface area contributed by atoms with Crippen LogP contribution in [0.4, 0.5) is 11.4 Å². The minimum Gasteiger partial charge on any atom is -0.484 e. The molecule has 0 aromatic heterocycles. The van der Waals surface area contributed by atoms with E-state index in [9.17, 15) is 4.79 Å². The van der Waals surface area contributed by atoms with Crippen molar-refractivity contribution < 1.29 is 9.53 Å². The number of amides is 1. The zero-order valence-corrected chi connectivity index (χ0v) is 18.3. The Bertz CT molecular complexity index is 814. The number of nitrogens with one attached hydrogen (secondary N) is 1. The molecule has 0 aliphatic carbocycles. The van der Waals surface area contributed by atoms with Crippen molar-refractivity contribution in [1.82, 2.24) is 0 Å². The summed E-state index contributed by atoms with van der Waals surface area (Å²) in [5, 5.41) is 3.53. The molecule has 3 rings (SSSR count). The van der Waals surface area contributed by atoms with Gasteiger partial charge in [0.1, 0.15) is 5.75 Å². The molecule has 0 spiro atoms. The number of carbonyl (C=O) groups excluding carboxylic acids is 1. The normalized spacial score (nSPS) is 15.8. The molecule has 156 valence electrons. The van der Waals surface area contributed by atoms with E-state index in [-0.39, 0.29) is 12.5 Å². The van der Waals surface area contributed by atoms with Gasteiger partial charge in [0.05, 0.1) is 10.7 Å². The van der Waals surface area contributed by atoms with Crippen LogP contribution in [-0.4, -0.2) is 25.6 Å². The summed E-state index contributed by atoms with van der Waals surface area (Å²) in [6.07, 6.45) is 3.47.